The van der Waals surface area contributed by atoms with E-state index in [1.807, 2.05) is 36.4 Å². The Morgan fingerprint density at radius 2 is 0.507 bits per heavy atom. The van der Waals surface area contributed by atoms with Crippen molar-refractivity contribution in [3.8, 4) is 47.0 Å². The van der Waals surface area contributed by atoms with Crippen LogP contribution in [0.5, 0.6) is 0 Å². The van der Waals surface area contributed by atoms with Crippen molar-refractivity contribution in [2.45, 2.75) is 19.6 Å². The molecule has 0 amide bonds. The summed E-state index contributed by atoms with van der Waals surface area (Å²) in [6.07, 6.45) is 0. The van der Waals surface area contributed by atoms with Gasteiger partial charge in [0, 0.05) is 38.9 Å². The topological polar surface area (TPSA) is 78.9 Å². The van der Waals surface area contributed by atoms with Crippen LogP contribution in [0.3, 0.4) is 0 Å². The van der Waals surface area contributed by atoms with Crippen LogP contribution in [0.1, 0.15) is 70.0 Å². The van der Waals surface area contributed by atoms with E-state index in [2.05, 4.69) is 164 Å². The van der Waals surface area contributed by atoms with Crippen LogP contribution in [0.4, 0.5) is 0 Å². The molecule has 0 bridgehead atoms. The fourth-order valence-electron chi connectivity index (χ4n) is 7.33. The summed E-state index contributed by atoms with van der Waals surface area (Å²) in [6.45, 7) is 6.72. The maximum Gasteiger partial charge on any atom is 0.337 e. The van der Waals surface area contributed by atoms with E-state index in [0.717, 1.165) is 54.5 Å². The van der Waals surface area contributed by atoms with E-state index in [9.17, 15) is 14.4 Å². The van der Waals surface area contributed by atoms with Crippen molar-refractivity contribution in [3.05, 3.63) is 225 Å². The molecule has 0 spiro atoms. The molecular weight excluding hydrogens is 861 g/mol. The molecule has 0 aliphatic carbocycles. The molecule has 0 aliphatic heterocycles. The first kappa shape index (κ1) is 46.6. The van der Waals surface area contributed by atoms with E-state index in [1.165, 1.54) is 26.5 Å². The monoisotopic (exact) mass is 906 g/mol. The lowest BCUT2D eigenvalue weighted by atomic mass is 10.1. The van der Waals surface area contributed by atoms with Crippen LogP contribution < -0.4 is 20.7 Å². The van der Waals surface area contributed by atoms with E-state index in [0.29, 0.717) is 16.7 Å². The summed E-state index contributed by atoms with van der Waals surface area (Å²) in [6, 6.07) is 55.4. The molecule has 8 heteroatoms. The second-order valence-electron chi connectivity index (χ2n) is 16.5. The Kier molecular flexibility index (Phi) is 14.7. The van der Waals surface area contributed by atoms with Crippen molar-refractivity contribution in [2.75, 3.05) is 21.3 Å². The standard InChI is InChI=1S/C59H46O6Si2/c1-63-57(60)50-27-13-43(14-28-50)7-10-46-19-33-53(34-20-46)67(56-39-25-49(26-40-56)41-42-66(4,5)6,54-35-21-47(22-36-54)11-8-44-15-29-51(30-16-44)58(61)64-2)55-37-23-48(24-38-55)12-9-45-17-31-52(32-18-45)59(62)65-3/h13-40H,1-6H3. The first-order valence-corrected chi connectivity index (χ1v) is 26.9. The predicted molar refractivity (Wildman–Crippen MR) is 272 cm³/mol. The van der Waals surface area contributed by atoms with Gasteiger partial charge in [0.15, 0.2) is 8.07 Å². The van der Waals surface area contributed by atoms with Gasteiger partial charge >= 0.3 is 17.9 Å². The van der Waals surface area contributed by atoms with Crippen LogP contribution in [0.25, 0.3) is 0 Å². The number of esters is 3. The number of carbonyl (C=O) groups is 3. The van der Waals surface area contributed by atoms with Gasteiger partial charge in [-0.1, -0.05) is 110 Å². The minimum Gasteiger partial charge on any atom is -0.465 e. The van der Waals surface area contributed by atoms with E-state index in [4.69, 9.17) is 14.2 Å². The molecule has 7 aromatic carbocycles. The Morgan fingerprint density at radius 1 is 0.313 bits per heavy atom. The molecule has 0 aromatic heterocycles. The first-order chi connectivity index (χ1) is 32.4. The Bertz CT molecular complexity index is 2880. The van der Waals surface area contributed by atoms with Gasteiger partial charge in [0.05, 0.1) is 38.0 Å². The number of carbonyl (C=O) groups excluding carboxylic acids is 3. The summed E-state index contributed by atoms with van der Waals surface area (Å²) in [4.78, 5) is 35.9. The van der Waals surface area contributed by atoms with Gasteiger partial charge in [-0.2, -0.15) is 0 Å². The van der Waals surface area contributed by atoms with Gasteiger partial charge in [0.2, 0.25) is 0 Å². The molecular formula is C59H46O6Si2. The smallest absolute Gasteiger partial charge is 0.337 e. The molecule has 326 valence electrons. The predicted octanol–water partition coefficient (Wildman–Crippen LogP) is 7.85. The van der Waals surface area contributed by atoms with Gasteiger partial charge < -0.3 is 14.2 Å². The SMILES string of the molecule is COC(=O)c1ccc(C#Cc2ccc([Si](c3ccc(C#Cc4ccc(C(=O)OC)cc4)cc3)(c3ccc(C#Cc4ccc(C(=O)OC)cc4)cc3)c3ccc(C#C[Si](C)(C)C)cc3)cc2)cc1. The highest BCUT2D eigenvalue weighted by Crippen LogP contribution is 2.15. The molecule has 0 heterocycles. The summed E-state index contributed by atoms with van der Waals surface area (Å²) in [5, 5.41) is 4.62. The maximum absolute atomic E-state index is 12.0. The largest absolute Gasteiger partial charge is 0.465 e. The summed E-state index contributed by atoms with van der Waals surface area (Å²) in [7, 11) is -0.621. The van der Waals surface area contributed by atoms with Crippen LogP contribution >= 0.6 is 0 Å². The van der Waals surface area contributed by atoms with Gasteiger partial charge in [0.1, 0.15) is 8.07 Å². The molecule has 0 N–H and O–H groups in total. The minimum atomic E-state index is -3.09. The number of benzene rings is 7. The number of methoxy groups -OCH3 is 3. The number of hydrogen-bond donors (Lipinski definition) is 0. The molecule has 6 nitrogen and oxygen atoms in total. The fraction of sp³-hybridized carbons (Fsp3) is 0.102. The molecule has 7 aromatic rings. The Hall–Kier alpha value is -8.38. The van der Waals surface area contributed by atoms with E-state index >= 15 is 0 Å². The third-order valence-corrected chi connectivity index (χ3v) is 16.5. The zero-order chi connectivity index (χ0) is 47.4. The summed E-state index contributed by atoms with van der Waals surface area (Å²) in [5.74, 6) is 21.9. The second kappa shape index (κ2) is 21.1. The average Bonchev–Trinajstić information content (AvgIpc) is 3.37. The third-order valence-electron chi connectivity index (χ3n) is 10.8. The zero-order valence-corrected chi connectivity index (χ0v) is 40.1. The molecule has 0 saturated carbocycles. The van der Waals surface area contributed by atoms with Gasteiger partial charge in [-0.15, -0.1) is 5.54 Å². The first-order valence-electron chi connectivity index (χ1n) is 21.4. The third kappa shape index (κ3) is 11.5. The van der Waals surface area contributed by atoms with Gasteiger partial charge in [-0.25, -0.2) is 14.4 Å². The number of rotatable bonds is 7. The van der Waals surface area contributed by atoms with Crippen LogP contribution in [0.2, 0.25) is 19.6 Å². The highest BCUT2D eigenvalue weighted by atomic mass is 28.3. The molecule has 0 radical (unpaired) electrons. The second-order valence-corrected chi connectivity index (χ2v) is 25.1. The Labute approximate surface area is 395 Å². The maximum atomic E-state index is 12.0. The van der Waals surface area contributed by atoms with Crippen LogP contribution in [-0.4, -0.2) is 55.4 Å². The van der Waals surface area contributed by atoms with Gasteiger partial charge in [-0.05, 0) is 142 Å². The lowest BCUT2D eigenvalue weighted by molar-refractivity contribution is 0.0592. The Balaban J connectivity index is 1.34. The number of hydrogen-bond acceptors (Lipinski definition) is 6. The summed E-state index contributed by atoms with van der Waals surface area (Å²) >= 11 is 0. The van der Waals surface area contributed by atoms with E-state index in [-0.39, 0.29) is 0 Å². The number of ether oxygens (including phenoxy) is 3. The van der Waals surface area contributed by atoms with Crippen molar-refractivity contribution in [2.24, 2.45) is 0 Å². The van der Waals surface area contributed by atoms with Crippen molar-refractivity contribution >= 4 is 54.8 Å². The van der Waals surface area contributed by atoms with Crippen molar-refractivity contribution in [1.82, 2.24) is 0 Å². The van der Waals surface area contributed by atoms with Crippen molar-refractivity contribution in [1.29, 1.82) is 0 Å². The zero-order valence-electron chi connectivity index (χ0n) is 38.1. The quantitative estimate of drug-likeness (QED) is 0.0534. The van der Waals surface area contributed by atoms with E-state index in [1.54, 1.807) is 36.4 Å². The Morgan fingerprint density at radius 3 is 0.701 bits per heavy atom. The minimum absolute atomic E-state index is 0.394. The van der Waals surface area contributed by atoms with Crippen LogP contribution in [0.15, 0.2) is 170 Å². The lowest BCUT2D eigenvalue weighted by Gasteiger charge is -2.34. The van der Waals surface area contributed by atoms with Crippen molar-refractivity contribution < 1.29 is 28.6 Å². The van der Waals surface area contributed by atoms with E-state index < -0.39 is 34.1 Å². The van der Waals surface area contributed by atoms with Gasteiger partial charge in [0.25, 0.3) is 0 Å². The molecule has 67 heavy (non-hydrogen) atoms. The highest BCUT2D eigenvalue weighted by molar-refractivity contribution is 7.19. The molecule has 7 rings (SSSR count). The average molecular weight is 907 g/mol. The van der Waals surface area contributed by atoms with Gasteiger partial charge in [-0.3, -0.25) is 0 Å². The van der Waals surface area contributed by atoms with Crippen LogP contribution in [0, 0.1) is 47.0 Å². The molecule has 0 aliphatic rings. The molecule has 0 saturated heterocycles. The highest BCUT2D eigenvalue weighted by Gasteiger charge is 2.41. The molecule has 0 unspecified atom stereocenters. The lowest BCUT2D eigenvalue weighted by Crippen LogP contribution is -2.74. The summed E-state index contributed by atoms with van der Waals surface area (Å²) in [5.41, 5.74) is 10.7. The molecule has 0 atom stereocenters. The van der Waals surface area contributed by atoms with Crippen molar-refractivity contribution in [3.63, 3.8) is 0 Å². The molecule has 0 fully saturated rings. The fourth-order valence-corrected chi connectivity index (χ4v) is 12.5. The normalized spacial score (nSPS) is 10.5. The van der Waals surface area contributed by atoms with Crippen LogP contribution in [-0.2, 0) is 14.2 Å². The summed E-state index contributed by atoms with van der Waals surface area (Å²) < 4.78 is 14.5.